The topological polar surface area (TPSA) is 219 Å². The van der Waals surface area contributed by atoms with Crippen molar-refractivity contribution in [3.8, 4) is 17.6 Å². The van der Waals surface area contributed by atoms with E-state index in [-0.39, 0.29) is 67.0 Å². The van der Waals surface area contributed by atoms with Gasteiger partial charge >= 0.3 is 18.1 Å². The van der Waals surface area contributed by atoms with Crippen molar-refractivity contribution in [2.45, 2.75) is 32.4 Å². The van der Waals surface area contributed by atoms with Crippen molar-refractivity contribution in [3.05, 3.63) is 66.1 Å². The number of rotatable bonds is 12. The van der Waals surface area contributed by atoms with Crippen LogP contribution in [0.1, 0.15) is 35.7 Å². The van der Waals surface area contributed by atoms with E-state index in [2.05, 4.69) is 27.1 Å². The van der Waals surface area contributed by atoms with Crippen LogP contribution in [0.4, 0.5) is 26.8 Å². The second kappa shape index (κ2) is 17.4. The summed E-state index contributed by atoms with van der Waals surface area (Å²) in [4.78, 5) is 65.6. The molecule has 2 aromatic heterocycles. The average molecular weight is 755 g/mol. The Hall–Kier alpha value is -6.77. The third-order valence-electron chi connectivity index (χ3n) is 9.50. The molecule has 288 valence electrons. The van der Waals surface area contributed by atoms with E-state index >= 15 is 0 Å². The summed E-state index contributed by atoms with van der Waals surface area (Å²) in [6.45, 7) is 3.46. The second-order valence-electron chi connectivity index (χ2n) is 13.1. The number of carbonyl (C=O) groups is 4. The number of anilines is 1. The number of benzene rings is 2. The van der Waals surface area contributed by atoms with Gasteiger partial charge in [0.15, 0.2) is 5.65 Å². The first-order valence-corrected chi connectivity index (χ1v) is 17.3. The number of likely N-dealkylation sites (tertiary alicyclic amines) is 1. The van der Waals surface area contributed by atoms with Crippen LogP contribution in [0.15, 0.2) is 65.2 Å². The first-order valence-electron chi connectivity index (χ1n) is 17.3. The number of phenols is 1. The smallest absolute Gasteiger partial charge is 0.409 e. The van der Waals surface area contributed by atoms with Gasteiger partial charge in [0.1, 0.15) is 47.9 Å². The molecule has 0 saturated carbocycles. The van der Waals surface area contributed by atoms with Crippen molar-refractivity contribution in [1.29, 1.82) is 5.26 Å². The number of nitrogens with zero attached hydrogens (tertiary/aromatic N) is 10. The largest absolute Gasteiger partial charge is 0.507 e. The third-order valence-corrected chi connectivity index (χ3v) is 9.50. The molecule has 2 atom stereocenters. The molecule has 1 saturated heterocycles. The Balaban J connectivity index is 1.16. The van der Waals surface area contributed by atoms with Crippen LogP contribution in [0.5, 0.6) is 11.5 Å². The molecule has 1 fully saturated rings. The van der Waals surface area contributed by atoms with Gasteiger partial charge in [0.05, 0.1) is 30.3 Å². The number of fused-ring (bicyclic) bond motifs is 1. The quantitative estimate of drug-likeness (QED) is 0.182. The highest BCUT2D eigenvalue weighted by Crippen LogP contribution is 2.32. The maximum absolute atomic E-state index is 13.5. The van der Waals surface area contributed by atoms with E-state index in [9.17, 15) is 29.4 Å². The number of aromatic hydroxyl groups is 1. The minimum atomic E-state index is -1.30. The third kappa shape index (κ3) is 9.07. The minimum Gasteiger partial charge on any atom is -0.507 e. The molecule has 0 spiro atoms. The van der Waals surface area contributed by atoms with E-state index in [0.29, 0.717) is 46.9 Å². The van der Waals surface area contributed by atoms with Crippen LogP contribution in [-0.4, -0.2) is 124 Å². The summed E-state index contributed by atoms with van der Waals surface area (Å²) in [5.41, 5.74) is 1.27. The van der Waals surface area contributed by atoms with E-state index in [1.165, 1.54) is 46.0 Å². The summed E-state index contributed by atoms with van der Waals surface area (Å²) in [6.07, 6.45) is 3.04. The molecule has 1 aliphatic heterocycles. The first-order chi connectivity index (χ1) is 26.3. The average Bonchev–Trinajstić information content (AvgIpc) is 3.62. The molecule has 0 radical (unpaired) electrons. The summed E-state index contributed by atoms with van der Waals surface area (Å²) in [7, 11) is 6.53. The number of azo groups is 1. The summed E-state index contributed by atoms with van der Waals surface area (Å²) >= 11 is 0. The molecule has 18 heteroatoms. The van der Waals surface area contributed by atoms with Crippen LogP contribution in [-0.2, 0) is 16.1 Å². The Bertz CT molecular complexity index is 2150. The second-order valence-corrected chi connectivity index (χ2v) is 13.1. The first kappa shape index (κ1) is 39.4. The molecule has 55 heavy (non-hydrogen) atoms. The molecule has 4 aromatic rings. The molecule has 2 N–H and O–H groups in total. The van der Waals surface area contributed by atoms with Crippen LogP contribution >= 0.6 is 0 Å². The maximum Gasteiger partial charge on any atom is 0.409 e. The monoisotopic (exact) mass is 754 g/mol. The molecule has 18 nitrogen and oxygen atoms in total. The number of nitriles is 1. The zero-order valence-corrected chi connectivity index (χ0v) is 31.1. The molecule has 0 bridgehead atoms. The lowest BCUT2D eigenvalue weighted by Crippen LogP contribution is -2.52. The Morgan fingerprint density at radius 3 is 2.53 bits per heavy atom. The predicted octanol–water partition coefficient (Wildman–Crippen LogP) is 5.01. The van der Waals surface area contributed by atoms with Gasteiger partial charge in [-0.1, -0.05) is 13.0 Å². The van der Waals surface area contributed by atoms with E-state index in [4.69, 9.17) is 14.7 Å². The van der Waals surface area contributed by atoms with Crippen molar-refractivity contribution in [2.75, 3.05) is 59.3 Å². The van der Waals surface area contributed by atoms with Crippen LogP contribution in [0.2, 0.25) is 0 Å². The van der Waals surface area contributed by atoms with Gasteiger partial charge in [0.25, 0.3) is 0 Å². The van der Waals surface area contributed by atoms with Crippen LogP contribution in [0, 0.1) is 17.2 Å². The van der Waals surface area contributed by atoms with Crippen molar-refractivity contribution in [2.24, 2.45) is 16.1 Å². The van der Waals surface area contributed by atoms with Crippen LogP contribution in [0.25, 0.3) is 11.0 Å². The number of aromatic carboxylic acids is 1. The number of likely N-dealkylation sites (N-methyl/N-ethyl adjacent to an activating group) is 3. The number of amides is 3. The number of piperidine rings is 1. The number of hydrogen-bond acceptors (Lipinski definition) is 13. The molecule has 5 rings (SSSR count). The van der Waals surface area contributed by atoms with Crippen molar-refractivity contribution >= 4 is 52.2 Å². The highest BCUT2D eigenvalue weighted by atomic mass is 16.6. The highest BCUT2D eigenvalue weighted by molar-refractivity contribution is 5.95. The molecule has 0 aliphatic carbocycles. The normalized spacial score (nSPS) is 15.4. The molecule has 1 aliphatic rings. The molecule has 3 heterocycles. The summed E-state index contributed by atoms with van der Waals surface area (Å²) in [5.74, 6) is -0.673. The molecular formula is C37H42N10O8. The number of ether oxygens (including phenoxy) is 2. The fourth-order valence-electron chi connectivity index (χ4n) is 6.18. The highest BCUT2D eigenvalue weighted by Gasteiger charge is 2.33. The fourth-order valence-corrected chi connectivity index (χ4v) is 6.18. The Morgan fingerprint density at radius 1 is 1.04 bits per heavy atom. The zero-order valence-electron chi connectivity index (χ0n) is 31.1. The SMILES string of the molecule is COc1cc(COC(=O)N(C)CCN(C)C(=O)n2ccc3c(N(C)[C@H]4CN(C(=O)CC#N)CC[C@H]4C)ncnc32)ccc1N=Nc1ccc(O)c(C(=O)O)c1. The van der Waals surface area contributed by atoms with Gasteiger partial charge in [-0.25, -0.2) is 24.4 Å². The Morgan fingerprint density at radius 2 is 1.80 bits per heavy atom. The maximum atomic E-state index is 13.5. The Kier molecular flexibility index (Phi) is 12.5. The van der Waals surface area contributed by atoms with Gasteiger partial charge < -0.3 is 39.3 Å². The van der Waals surface area contributed by atoms with Crippen molar-refractivity contribution in [3.63, 3.8) is 0 Å². The Labute approximate surface area is 316 Å². The van der Waals surface area contributed by atoms with E-state index in [1.807, 2.05) is 18.0 Å². The number of carbonyl (C=O) groups excluding carboxylic acids is 3. The lowest BCUT2D eigenvalue weighted by molar-refractivity contribution is -0.131. The summed E-state index contributed by atoms with van der Waals surface area (Å²) < 4.78 is 12.3. The van der Waals surface area contributed by atoms with Gasteiger partial charge in [-0.3, -0.25) is 9.36 Å². The van der Waals surface area contributed by atoms with Crippen LogP contribution < -0.4 is 9.64 Å². The van der Waals surface area contributed by atoms with Crippen LogP contribution in [0.3, 0.4) is 0 Å². The van der Waals surface area contributed by atoms with E-state index in [0.717, 1.165) is 6.42 Å². The van der Waals surface area contributed by atoms with Crippen molar-refractivity contribution in [1.82, 2.24) is 29.2 Å². The summed E-state index contributed by atoms with van der Waals surface area (Å²) in [6, 6.07) is 12.0. The van der Waals surface area contributed by atoms with Gasteiger partial charge in [-0.05, 0) is 54.3 Å². The number of aromatic nitrogens is 3. The molecule has 2 aromatic carbocycles. The predicted molar refractivity (Wildman–Crippen MR) is 199 cm³/mol. The van der Waals surface area contributed by atoms with E-state index in [1.54, 1.807) is 49.5 Å². The van der Waals surface area contributed by atoms with Gasteiger partial charge in [0.2, 0.25) is 5.91 Å². The molecular weight excluding hydrogens is 712 g/mol. The summed E-state index contributed by atoms with van der Waals surface area (Å²) in [5, 5.41) is 36.8. The number of methoxy groups -OCH3 is 1. The lowest BCUT2D eigenvalue weighted by atomic mass is 9.92. The zero-order chi connectivity index (χ0) is 39.8. The number of hydrogen-bond donors (Lipinski definition) is 2. The lowest BCUT2D eigenvalue weighted by Gasteiger charge is -2.42. The molecule has 0 unspecified atom stereocenters. The molecule has 3 amide bonds. The van der Waals surface area contributed by atoms with Gasteiger partial charge in [0, 0.05) is 53.5 Å². The number of carboxylic acids is 1. The van der Waals surface area contributed by atoms with Gasteiger partial charge in [-0.15, -0.1) is 5.11 Å². The fraction of sp³-hybridized carbons (Fsp3) is 0.378. The number of carboxylic acid groups (broad SMARTS) is 1. The van der Waals surface area contributed by atoms with Crippen molar-refractivity contribution < 1.29 is 38.9 Å². The van der Waals surface area contributed by atoms with E-state index < -0.39 is 12.1 Å². The van der Waals surface area contributed by atoms with Gasteiger partial charge in [-0.2, -0.15) is 10.4 Å². The standard InChI is InChI=1S/C37H42N10O8/c1-23-11-14-46(32(49)10-13-38)20-29(23)45(4)33-26-12-15-47(34(26)40-22-39-33)36(52)43(2)16-17-44(3)37(53)55-21-24-6-8-28(31(18-24)54-5)42-41-25-7-9-30(48)27(19-25)35(50)51/h6-9,12,15,18-19,22-23,29,48H,10-11,14,16-17,20-21H2,1-5H3,(H,50,51)/t23-,29+/m1/s1. The minimum absolute atomic E-state index is 0.0564.